The Balaban J connectivity index is 3.13. The topological polar surface area (TPSA) is 0 Å². The summed E-state index contributed by atoms with van der Waals surface area (Å²) in [5.74, 6) is 0. The first-order chi connectivity index (χ1) is 5.65. The van der Waals surface area contributed by atoms with Crippen molar-refractivity contribution in [3.63, 3.8) is 0 Å². The maximum absolute atomic E-state index is 5.91. The quantitative estimate of drug-likeness (QED) is 0.611. The first-order valence-corrected chi connectivity index (χ1v) is 4.42. The molecule has 0 heterocycles. The monoisotopic (exact) mass is 180 g/mol. The van der Waals surface area contributed by atoms with Crippen LogP contribution in [-0.2, 0) is 0 Å². The molecule has 0 amide bonds. The molecule has 0 aromatic heterocycles. The van der Waals surface area contributed by atoms with Gasteiger partial charge in [-0.3, -0.25) is 0 Å². The lowest BCUT2D eigenvalue weighted by Crippen LogP contribution is -1.81. The van der Waals surface area contributed by atoms with Gasteiger partial charge in [0.15, 0.2) is 0 Å². The van der Waals surface area contributed by atoms with Crippen LogP contribution in [0.5, 0.6) is 0 Å². The zero-order valence-electron chi connectivity index (χ0n) is 7.69. The van der Waals surface area contributed by atoms with E-state index in [1.807, 2.05) is 26.0 Å². The minimum absolute atomic E-state index is 0.836. The average Bonchev–Trinajstić information content (AvgIpc) is 2.08. The summed E-state index contributed by atoms with van der Waals surface area (Å²) >= 11 is 5.91. The highest BCUT2D eigenvalue weighted by Gasteiger charge is 1.97. The fraction of sp³-hybridized carbons (Fsp3) is 0.273. The summed E-state index contributed by atoms with van der Waals surface area (Å²) in [5.41, 5.74) is 3.67. The van der Waals surface area contributed by atoms with Gasteiger partial charge in [0.2, 0.25) is 0 Å². The summed E-state index contributed by atoms with van der Waals surface area (Å²) in [6, 6.07) is 6.10. The molecule has 0 nitrogen and oxygen atoms in total. The summed E-state index contributed by atoms with van der Waals surface area (Å²) in [7, 11) is 0. The lowest BCUT2D eigenvalue weighted by molar-refractivity contribution is 1.43. The molecule has 12 heavy (non-hydrogen) atoms. The molecule has 0 unspecified atom stereocenters. The Kier molecular flexibility index (Phi) is 2.93. The van der Waals surface area contributed by atoms with Crippen LogP contribution in [0.4, 0.5) is 0 Å². The number of benzene rings is 1. The first kappa shape index (κ1) is 9.34. The Bertz CT molecular complexity index is 311. The molecule has 1 heteroatoms. The van der Waals surface area contributed by atoms with Crippen molar-refractivity contribution in [2.24, 2.45) is 0 Å². The van der Waals surface area contributed by atoms with Crippen LogP contribution in [0.2, 0.25) is 5.02 Å². The Labute approximate surface area is 78.9 Å². The van der Waals surface area contributed by atoms with E-state index >= 15 is 0 Å². The molecule has 0 aliphatic carbocycles. The minimum Gasteiger partial charge on any atom is -0.0841 e. The van der Waals surface area contributed by atoms with E-state index in [2.05, 4.69) is 19.1 Å². The molecule has 0 saturated heterocycles. The van der Waals surface area contributed by atoms with E-state index in [9.17, 15) is 0 Å². The number of rotatable bonds is 1. The zero-order valence-corrected chi connectivity index (χ0v) is 8.44. The first-order valence-electron chi connectivity index (χ1n) is 4.04. The third kappa shape index (κ3) is 1.89. The van der Waals surface area contributed by atoms with Crippen LogP contribution in [-0.4, -0.2) is 0 Å². The van der Waals surface area contributed by atoms with Gasteiger partial charge >= 0.3 is 0 Å². The second-order valence-corrected chi connectivity index (χ2v) is 3.34. The fourth-order valence-corrected chi connectivity index (χ4v) is 1.17. The number of hydrogen-bond acceptors (Lipinski definition) is 0. The van der Waals surface area contributed by atoms with E-state index < -0.39 is 0 Å². The smallest absolute Gasteiger partial charge is 0.0435 e. The Morgan fingerprint density at radius 2 is 2.08 bits per heavy atom. The van der Waals surface area contributed by atoms with Crippen molar-refractivity contribution < 1.29 is 0 Å². The molecule has 0 aliphatic heterocycles. The SMILES string of the molecule is C/C=C(\C)c1ccc(Cl)c(C)c1. The van der Waals surface area contributed by atoms with Gasteiger partial charge in [-0.05, 0) is 43.5 Å². The molecule has 0 atom stereocenters. The van der Waals surface area contributed by atoms with Crippen molar-refractivity contribution in [1.82, 2.24) is 0 Å². The summed E-state index contributed by atoms with van der Waals surface area (Å²) < 4.78 is 0. The maximum Gasteiger partial charge on any atom is 0.0435 e. The van der Waals surface area contributed by atoms with Gasteiger partial charge < -0.3 is 0 Å². The molecule has 0 fully saturated rings. The third-order valence-electron chi connectivity index (χ3n) is 2.05. The summed E-state index contributed by atoms with van der Waals surface area (Å²) in [5, 5.41) is 0.836. The predicted octanol–water partition coefficient (Wildman–Crippen LogP) is 4.07. The van der Waals surface area contributed by atoms with E-state index in [0.29, 0.717) is 0 Å². The van der Waals surface area contributed by atoms with Gasteiger partial charge in [-0.15, -0.1) is 0 Å². The summed E-state index contributed by atoms with van der Waals surface area (Å²) in [6.07, 6.45) is 2.10. The van der Waals surface area contributed by atoms with Crippen LogP contribution in [0.25, 0.3) is 5.57 Å². The van der Waals surface area contributed by atoms with Gasteiger partial charge in [-0.1, -0.05) is 29.8 Å². The van der Waals surface area contributed by atoms with Gasteiger partial charge in [-0.25, -0.2) is 0 Å². The highest BCUT2D eigenvalue weighted by atomic mass is 35.5. The van der Waals surface area contributed by atoms with Crippen molar-refractivity contribution in [3.05, 3.63) is 40.4 Å². The molecule has 1 aromatic carbocycles. The van der Waals surface area contributed by atoms with Crippen LogP contribution in [0.3, 0.4) is 0 Å². The molecular weight excluding hydrogens is 168 g/mol. The number of allylic oxidation sites excluding steroid dienone is 2. The normalized spacial score (nSPS) is 11.8. The third-order valence-corrected chi connectivity index (χ3v) is 2.47. The van der Waals surface area contributed by atoms with E-state index in [0.717, 1.165) is 10.6 Å². The minimum atomic E-state index is 0.836. The number of hydrogen-bond donors (Lipinski definition) is 0. The molecule has 0 saturated carbocycles. The molecule has 0 radical (unpaired) electrons. The van der Waals surface area contributed by atoms with Crippen molar-refractivity contribution in [2.45, 2.75) is 20.8 Å². The van der Waals surface area contributed by atoms with E-state index in [-0.39, 0.29) is 0 Å². The summed E-state index contributed by atoms with van der Waals surface area (Å²) in [6.45, 7) is 6.16. The Morgan fingerprint density at radius 1 is 1.42 bits per heavy atom. The second kappa shape index (κ2) is 3.77. The van der Waals surface area contributed by atoms with E-state index in [1.165, 1.54) is 11.1 Å². The maximum atomic E-state index is 5.91. The molecule has 0 spiro atoms. The summed E-state index contributed by atoms with van der Waals surface area (Å²) in [4.78, 5) is 0. The second-order valence-electron chi connectivity index (χ2n) is 2.94. The lowest BCUT2D eigenvalue weighted by atomic mass is 10.1. The fourth-order valence-electron chi connectivity index (χ4n) is 1.06. The standard InChI is InChI=1S/C11H13Cl/c1-4-8(2)10-5-6-11(12)9(3)7-10/h4-7H,1-3H3/b8-4+. The van der Waals surface area contributed by atoms with Crippen LogP contribution in [0, 0.1) is 6.92 Å². The molecular formula is C11H13Cl. The number of halogens is 1. The van der Waals surface area contributed by atoms with Crippen molar-refractivity contribution >= 4 is 17.2 Å². The van der Waals surface area contributed by atoms with Crippen molar-refractivity contribution in [3.8, 4) is 0 Å². The van der Waals surface area contributed by atoms with Crippen molar-refractivity contribution in [2.75, 3.05) is 0 Å². The molecule has 0 aliphatic rings. The highest BCUT2D eigenvalue weighted by molar-refractivity contribution is 6.31. The van der Waals surface area contributed by atoms with Crippen molar-refractivity contribution in [1.29, 1.82) is 0 Å². The Morgan fingerprint density at radius 3 is 2.58 bits per heavy atom. The molecule has 1 aromatic rings. The van der Waals surface area contributed by atoms with Gasteiger partial charge in [0.25, 0.3) is 0 Å². The van der Waals surface area contributed by atoms with E-state index in [4.69, 9.17) is 11.6 Å². The van der Waals surface area contributed by atoms with Crippen LogP contribution >= 0.6 is 11.6 Å². The van der Waals surface area contributed by atoms with Gasteiger partial charge in [0.1, 0.15) is 0 Å². The van der Waals surface area contributed by atoms with Crippen LogP contribution in [0.1, 0.15) is 25.0 Å². The van der Waals surface area contributed by atoms with Gasteiger partial charge in [0.05, 0.1) is 0 Å². The van der Waals surface area contributed by atoms with Gasteiger partial charge in [-0.2, -0.15) is 0 Å². The van der Waals surface area contributed by atoms with Crippen LogP contribution < -0.4 is 0 Å². The predicted molar refractivity (Wildman–Crippen MR) is 55.5 cm³/mol. The Hall–Kier alpha value is -0.750. The average molecular weight is 181 g/mol. The molecule has 0 N–H and O–H groups in total. The number of aryl methyl sites for hydroxylation is 1. The highest BCUT2D eigenvalue weighted by Crippen LogP contribution is 2.20. The van der Waals surface area contributed by atoms with Crippen LogP contribution in [0.15, 0.2) is 24.3 Å². The zero-order chi connectivity index (χ0) is 9.14. The molecule has 64 valence electrons. The largest absolute Gasteiger partial charge is 0.0841 e. The van der Waals surface area contributed by atoms with E-state index in [1.54, 1.807) is 0 Å². The molecule has 1 rings (SSSR count). The lowest BCUT2D eigenvalue weighted by Gasteiger charge is -2.03. The molecule has 0 bridgehead atoms. The van der Waals surface area contributed by atoms with Gasteiger partial charge in [0, 0.05) is 5.02 Å².